The van der Waals surface area contributed by atoms with Crippen LogP contribution in [0.5, 0.6) is 5.75 Å². The second-order valence-corrected chi connectivity index (χ2v) is 7.98. The van der Waals surface area contributed by atoms with Gasteiger partial charge in [0.25, 0.3) is 0 Å². The second-order valence-electron chi connectivity index (χ2n) is 7.04. The molecule has 0 bridgehead atoms. The van der Waals surface area contributed by atoms with Gasteiger partial charge in [0, 0.05) is 11.3 Å². The predicted octanol–water partition coefficient (Wildman–Crippen LogP) is 5.12. The first-order chi connectivity index (χ1) is 15.7. The summed E-state index contributed by atoms with van der Waals surface area (Å²) in [6, 6.07) is 27.5. The topological polar surface area (TPSA) is 69.0 Å². The normalized spacial score (nSPS) is 10.7. The minimum absolute atomic E-state index is 0.102. The quantitative estimate of drug-likeness (QED) is 0.363. The van der Waals surface area contributed by atoms with E-state index in [1.54, 1.807) is 0 Å². The van der Waals surface area contributed by atoms with E-state index in [9.17, 15) is 4.79 Å². The van der Waals surface area contributed by atoms with E-state index in [0.717, 1.165) is 28.4 Å². The number of benzene rings is 3. The molecule has 0 saturated carbocycles. The van der Waals surface area contributed by atoms with E-state index in [1.165, 1.54) is 11.8 Å². The van der Waals surface area contributed by atoms with Gasteiger partial charge in [-0.15, -0.1) is 10.2 Å². The summed E-state index contributed by atoms with van der Waals surface area (Å²) in [5, 5.41) is 12.4. The average molecular weight is 445 g/mol. The summed E-state index contributed by atoms with van der Waals surface area (Å²) in [6.07, 6.45) is 0. The number of thioether (sulfide) groups is 1. The molecule has 1 heterocycles. The summed E-state index contributed by atoms with van der Waals surface area (Å²) >= 11 is 1.37. The van der Waals surface area contributed by atoms with Gasteiger partial charge in [0.1, 0.15) is 5.75 Å². The van der Waals surface area contributed by atoms with Gasteiger partial charge in [0.15, 0.2) is 11.0 Å². The maximum atomic E-state index is 12.5. The lowest BCUT2D eigenvalue weighted by atomic mass is 10.2. The number of nitrogens with zero attached hydrogens (tertiary/aromatic N) is 3. The molecule has 4 rings (SSSR count). The van der Waals surface area contributed by atoms with Gasteiger partial charge in [-0.2, -0.15) is 0 Å². The Morgan fingerprint density at radius 1 is 0.938 bits per heavy atom. The molecule has 0 radical (unpaired) electrons. The van der Waals surface area contributed by atoms with Gasteiger partial charge in [-0.3, -0.25) is 9.36 Å². The SMILES string of the molecule is CCOc1ccc(NC(=O)CSc2nnc(-c3ccccc3)n2Cc2ccccc2)cc1. The molecule has 32 heavy (non-hydrogen) atoms. The molecule has 6 nitrogen and oxygen atoms in total. The molecule has 1 aromatic heterocycles. The van der Waals surface area contributed by atoms with E-state index in [0.29, 0.717) is 18.3 Å². The molecular weight excluding hydrogens is 420 g/mol. The molecule has 3 aromatic carbocycles. The summed E-state index contributed by atoms with van der Waals surface area (Å²) in [5.41, 5.74) is 2.86. The van der Waals surface area contributed by atoms with Crippen molar-refractivity contribution in [2.45, 2.75) is 18.6 Å². The van der Waals surface area contributed by atoms with Crippen LogP contribution in [0.1, 0.15) is 12.5 Å². The van der Waals surface area contributed by atoms with Crippen LogP contribution in [0.3, 0.4) is 0 Å². The molecule has 0 atom stereocenters. The van der Waals surface area contributed by atoms with Crippen molar-refractivity contribution in [3.63, 3.8) is 0 Å². The number of ether oxygens (including phenoxy) is 1. The number of aromatic nitrogens is 3. The van der Waals surface area contributed by atoms with Crippen molar-refractivity contribution >= 4 is 23.4 Å². The third-order valence-corrected chi connectivity index (χ3v) is 5.68. The number of hydrogen-bond acceptors (Lipinski definition) is 5. The van der Waals surface area contributed by atoms with Gasteiger partial charge >= 0.3 is 0 Å². The molecule has 162 valence electrons. The Kier molecular flexibility index (Phi) is 7.19. The van der Waals surface area contributed by atoms with Gasteiger partial charge in [0.2, 0.25) is 5.91 Å². The van der Waals surface area contributed by atoms with E-state index < -0.39 is 0 Å². The molecule has 4 aromatic rings. The number of carbonyl (C=O) groups excluding carboxylic acids is 1. The van der Waals surface area contributed by atoms with E-state index in [4.69, 9.17) is 4.74 Å². The van der Waals surface area contributed by atoms with Gasteiger partial charge in [-0.05, 0) is 36.8 Å². The molecule has 1 N–H and O–H groups in total. The molecular formula is C25H24N4O2S. The van der Waals surface area contributed by atoms with Crippen LogP contribution in [0, 0.1) is 0 Å². The first-order valence-corrected chi connectivity index (χ1v) is 11.4. The summed E-state index contributed by atoms with van der Waals surface area (Å²) in [6.45, 7) is 3.17. The van der Waals surface area contributed by atoms with E-state index in [2.05, 4.69) is 32.2 Å². The number of carbonyl (C=O) groups is 1. The standard InChI is InChI=1S/C25H24N4O2S/c1-2-31-22-15-13-21(14-16-22)26-23(30)18-32-25-28-27-24(20-11-7-4-8-12-20)29(25)17-19-9-5-3-6-10-19/h3-16H,2,17-18H2,1H3,(H,26,30). The highest BCUT2D eigenvalue weighted by Gasteiger charge is 2.16. The van der Waals surface area contributed by atoms with E-state index >= 15 is 0 Å². The summed E-state index contributed by atoms with van der Waals surface area (Å²) in [4.78, 5) is 12.5. The zero-order valence-corrected chi connectivity index (χ0v) is 18.6. The molecule has 0 fully saturated rings. The average Bonchev–Trinajstić information content (AvgIpc) is 3.23. The molecule has 0 saturated heterocycles. The fourth-order valence-electron chi connectivity index (χ4n) is 3.23. The van der Waals surface area contributed by atoms with Gasteiger partial charge in [0.05, 0.1) is 18.9 Å². The number of rotatable bonds is 9. The maximum Gasteiger partial charge on any atom is 0.234 e. The maximum absolute atomic E-state index is 12.5. The van der Waals surface area contributed by atoms with Crippen molar-refractivity contribution < 1.29 is 9.53 Å². The minimum Gasteiger partial charge on any atom is -0.494 e. The smallest absolute Gasteiger partial charge is 0.234 e. The second kappa shape index (κ2) is 10.6. The zero-order valence-electron chi connectivity index (χ0n) is 17.8. The highest BCUT2D eigenvalue weighted by molar-refractivity contribution is 7.99. The zero-order chi connectivity index (χ0) is 22.2. The largest absolute Gasteiger partial charge is 0.494 e. The monoisotopic (exact) mass is 444 g/mol. The lowest BCUT2D eigenvalue weighted by Crippen LogP contribution is -2.14. The van der Waals surface area contributed by atoms with Crippen LogP contribution in [0.15, 0.2) is 90.1 Å². The van der Waals surface area contributed by atoms with Crippen LogP contribution in [-0.2, 0) is 11.3 Å². The summed E-state index contributed by atoms with van der Waals surface area (Å²) in [5.74, 6) is 1.69. The summed E-state index contributed by atoms with van der Waals surface area (Å²) < 4.78 is 7.49. The van der Waals surface area contributed by atoms with Crippen LogP contribution >= 0.6 is 11.8 Å². The van der Waals surface area contributed by atoms with Gasteiger partial charge in [-0.25, -0.2) is 0 Å². The van der Waals surface area contributed by atoms with Crippen LogP contribution in [0.4, 0.5) is 5.69 Å². The van der Waals surface area contributed by atoms with Crippen molar-refractivity contribution in [2.75, 3.05) is 17.7 Å². The summed E-state index contributed by atoms with van der Waals surface area (Å²) in [7, 11) is 0. The lowest BCUT2D eigenvalue weighted by Gasteiger charge is -2.11. The third kappa shape index (κ3) is 5.56. The van der Waals surface area contributed by atoms with Crippen LogP contribution in [0.25, 0.3) is 11.4 Å². The fraction of sp³-hybridized carbons (Fsp3) is 0.160. The lowest BCUT2D eigenvalue weighted by molar-refractivity contribution is -0.113. The van der Waals surface area contributed by atoms with Crippen LogP contribution in [-0.4, -0.2) is 33.0 Å². The van der Waals surface area contributed by atoms with Crippen LogP contribution in [0.2, 0.25) is 0 Å². The minimum atomic E-state index is -0.102. The molecule has 0 aliphatic carbocycles. The number of anilines is 1. The number of amides is 1. The van der Waals surface area contributed by atoms with Crippen LogP contribution < -0.4 is 10.1 Å². The number of hydrogen-bond donors (Lipinski definition) is 1. The molecule has 0 aliphatic rings. The van der Waals surface area contributed by atoms with E-state index in [-0.39, 0.29) is 11.7 Å². The van der Waals surface area contributed by atoms with Gasteiger partial charge < -0.3 is 10.1 Å². The Balaban J connectivity index is 1.47. The molecule has 1 amide bonds. The van der Waals surface area contributed by atoms with Crippen molar-refractivity contribution in [3.05, 3.63) is 90.5 Å². The molecule has 0 spiro atoms. The molecule has 0 aliphatic heterocycles. The van der Waals surface area contributed by atoms with Gasteiger partial charge in [-0.1, -0.05) is 72.4 Å². The highest BCUT2D eigenvalue weighted by Crippen LogP contribution is 2.25. The Bertz CT molecular complexity index is 1150. The van der Waals surface area contributed by atoms with Crippen molar-refractivity contribution in [2.24, 2.45) is 0 Å². The first kappa shape index (κ1) is 21.6. The van der Waals surface area contributed by atoms with Crippen molar-refractivity contribution in [1.29, 1.82) is 0 Å². The molecule has 7 heteroatoms. The Hall–Kier alpha value is -3.58. The first-order valence-electron chi connectivity index (χ1n) is 10.4. The highest BCUT2D eigenvalue weighted by atomic mass is 32.2. The Labute approximate surface area is 191 Å². The fourth-order valence-corrected chi connectivity index (χ4v) is 3.97. The number of nitrogens with one attached hydrogen (secondary N) is 1. The van der Waals surface area contributed by atoms with Crippen molar-refractivity contribution in [1.82, 2.24) is 14.8 Å². The third-order valence-electron chi connectivity index (χ3n) is 4.71. The molecule has 0 unspecified atom stereocenters. The predicted molar refractivity (Wildman–Crippen MR) is 128 cm³/mol. The van der Waals surface area contributed by atoms with E-state index in [1.807, 2.05) is 79.7 Å². The van der Waals surface area contributed by atoms with Crippen molar-refractivity contribution in [3.8, 4) is 17.1 Å². The Morgan fingerprint density at radius 2 is 1.62 bits per heavy atom. The Morgan fingerprint density at radius 3 is 2.31 bits per heavy atom.